The molecule has 4 nitrogen and oxygen atoms in total. The molecule has 0 amide bonds. The van der Waals surface area contributed by atoms with E-state index in [1.807, 2.05) is 6.92 Å². The Labute approximate surface area is 80.2 Å². The number of hydrogen-bond donors (Lipinski definition) is 0. The van der Waals surface area contributed by atoms with Gasteiger partial charge in [0.25, 0.3) is 0 Å². The van der Waals surface area contributed by atoms with Crippen LogP contribution in [0.5, 0.6) is 0 Å². The first-order valence-electron chi connectivity index (χ1n) is 4.59. The van der Waals surface area contributed by atoms with Crippen LogP contribution in [0, 0.1) is 5.92 Å². The monoisotopic (exact) mass is 209 g/mol. The van der Waals surface area contributed by atoms with Crippen LogP contribution in [0.4, 0.5) is 0 Å². The van der Waals surface area contributed by atoms with Gasteiger partial charge in [0.2, 0.25) is 10.4 Å². The molecule has 0 radical (unpaired) electrons. The van der Waals surface area contributed by atoms with Crippen molar-refractivity contribution in [3.05, 3.63) is 0 Å². The molecule has 1 atom stereocenters. The van der Waals surface area contributed by atoms with Crippen molar-refractivity contribution in [3.63, 3.8) is 0 Å². The van der Waals surface area contributed by atoms with Gasteiger partial charge in [-0.3, -0.25) is 4.18 Å². The highest BCUT2D eigenvalue weighted by atomic mass is 32.3. The summed E-state index contributed by atoms with van der Waals surface area (Å²) in [6, 6.07) is 0. The van der Waals surface area contributed by atoms with Crippen LogP contribution in [0.15, 0.2) is 0 Å². The maximum atomic E-state index is 10.1. The lowest BCUT2D eigenvalue weighted by atomic mass is 10.0. The molecule has 0 N–H and O–H groups in total. The van der Waals surface area contributed by atoms with Gasteiger partial charge in [0.1, 0.15) is 0 Å². The van der Waals surface area contributed by atoms with Crippen LogP contribution >= 0.6 is 0 Å². The SMILES string of the molecule is CCCC[C@H](CC)COS(=O)(=O)[O-]. The molecule has 0 unspecified atom stereocenters. The molecule has 0 spiro atoms. The second-order valence-electron chi connectivity index (χ2n) is 3.11. The van der Waals surface area contributed by atoms with Gasteiger partial charge in [-0.1, -0.05) is 33.1 Å². The van der Waals surface area contributed by atoms with E-state index in [1.165, 1.54) is 0 Å². The zero-order valence-corrected chi connectivity index (χ0v) is 8.97. The maximum Gasteiger partial charge on any atom is 0.217 e. The summed E-state index contributed by atoms with van der Waals surface area (Å²) >= 11 is 0. The largest absolute Gasteiger partial charge is 0.726 e. The molecule has 0 aromatic rings. The molecule has 0 aromatic heterocycles. The van der Waals surface area contributed by atoms with Crippen LogP contribution in [0.25, 0.3) is 0 Å². The second kappa shape index (κ2) is 6.34. The quantitative estimate of drug-likeness (QED) is 0.472. The third-order valence-electron chi connectivity index (χ3n) is 1.99. The molecule has 0 aromatic carbocycles. The highest BCUT2D eigenvalue weighted by Crippen LogP contribution is 2.13. The van der Waals surface area contributed by atoms with Crippen LogP contribution in [-0.4, -0.2) is 19.6 Å². The minimum absolute atomic E-state index is 0.0301. The molecule has 0 aliphatic heterocycles. The van der Waals surface area contributed by atoms with Crippen molar-refractivity contribution in [2.75, 3.05) is 6.61 Å². The van der Waals surface area contributed by atoms with Gasteiger partial charge in [0, 0.05) is 0 Å². The van der Waals surface area contributed by atoms with Gasteiger partial charge in [0.15, 0.2) is 0 Å². The van der Waals surface area contributed by atoms with Crippen molar-refractivity contribution < 1.29 is 17.2 Å². The van der Waals surface area contributed by atoms with E-state index in [9.17, 15) is 13.0 Å². The summed E-state index contributed by atoms with van der Waals surface area (Å²) < 4.78 is 34.6. The van der Waals surface area contributed by atoms with Gasteiger partial charge < -0.3 is 4.55 Å². The van der Waals surface area contributed by atoms with E-state index >= 15 is 0 Å². The summed E-state index contributed by atoms with van der Waals surface area (Å²) in [4.78, 5) is 0. The fraction of sp³-hybridized carbons (Fsp3) is 1.00. The van der Waals surface area contributed by atoms with Crippen LogP contribution in [-0.2, 0) is 14.6 Å². The fourth-order valence-electron chi connectivity index (χ4n) is 1.08. The Bertz CT molecular complexity index is 210. The average molecular weight is 209 g/mol. The van der Waals surface area contributed by atoms with Crippen LogP contribution in [0.1, 0.15) is 39.5 Å². The maximum absolute atomic E-state index is 10.1. The molecule has 5 heteroatoms. The molecule has 0 heterocycles. The van der Waals surface area contributed by atoms with Crippen LogP contribution < -0.4 is 0 Å². The Hall–Kier alpha value is -0.130. The van der Waals surface area contributed by atoms with Crippen molar-refractivity contribution >= 4 is 10.4 Å². The lowest BCUT2D eigenvalue weighted by Crippen LogP contribution is -2.13. The Balaban J connectivity index is 3.72. The summed E-state index contributed by atoms with van der Waals surface area (Å²) in [7, 11) is -4.50. The summed E-state index contributed by atoms with van der Waals surface area (Å²) in [6.07, 6.45) is 3.87. The van der Waals surface area contributed by atoms with Crippen molar-refractivity contribution in [3.8, 4) is 0 Å². The van der Waals surface area contributed by atoms with Crippen LogP contribution in [0.3, 0.4) is 0 Å². The lowest BCUT2D eigenvalue weighted by Gasteiger charge is -2.15. The molecule has 0 bridgehead atoms. The summed E-state index contributed by atoms with van der Waals surface area (Å²) in [6.45, 7) is 4.06. The van der Waals surface area contributed by atoms with E-state index in [-0.39, 0.29) is 12.5 Å². The highest BCUT2D eigenvalue weighted by molar-refractivity contribution is 7.80. The van der Waals surface area contributed by atoms with E-state index in [4.69, 9.17) is 0 Å². The van der Waals surface area contributed by atoms with Gasteiger partial charge in [-0.2, -0.15) is 0 Å². The first-order chi connectivity index (χ1) is 5.99. The molecule has 80 valence electrons. The van der Waals surface area contributed by atoms with Gasteiger partial charge in [-0.25, -0.2) is 8.42 Å². The molecule has 0 rings (SSSR count). The minimum Gasteiger partial charge on any atom is -0.726 e. The van der Waals surface area contributed by atoms with Crippen molar-refractivity contribution in [1.29, 1.82) is 0 Å². The molecule has 0 aliphatic carbocycles. The summed E-state index contributed by atoms with van der Waals surface area (Å²) in [5.74, 6) is 0.184. The van der Waals surface area contributed by atoms with Gasteiger partial charge in [0.05, 0.1) is 6.61 Å². The molecule has 0 saturated carbocycles. The predicted molar refractivity (Wildman–Crippen MR) is 49.0 cm³/mol. The first-order valence-corrected chi connectivity index (χ1v) is 5.93. The number of hydrogen-bond acceptors (Lipinski definition) is 4. The Morgan fingerprint density at radius 1 is 1.38 bits per heavy atom. The highest BCUT2D eigenvalue weighted by Gasteiger charge is 2.07. The average Bonchev–Trinajstić information content (AvgIpc) is 2.03. The van der Waals surface area contributed by atoms with Crippen molar-refractivity contribution in [1.82, 2.24) is 0 Å². The van der Waals surface area contributed by atoms with Gasteiger partial charge >= 0.3 is 0 Å². The summed E-state index contributed by atoms with van der Waals surface area (Å²) in [5.41, 5.74) is 0. The lowest BCUT2D eigenvalue weighted by molar-refractivity contribution is 0.207. The topological polar surface area (TPSA) is 66.4 Å². The number of rotatable bonds is 7. The standard InChI is InChI=1S/C8H18O4S/c1-3-5-6-8(4-2)7-12-13(9,10)11/h8H,3-7H2,1-2H3,(H,9,10,11)/p-1/t8-/m0/s1. The minimum atomic E-state index is -4.50. The predicted octanol–water partition coefficient (Wildman–Crippen LogP) is 1.68. The van der Waals surface area contributed by atoms with Crippen LogP contribution in [0.2, 0.25) is 0 Å². The van der Waals surface area contributed by atoms with E-state index in [2.05, 4.69) is 11.1 Å². The van der Waals surface area contributed by atoms with E-state index in [1.54, 1.807) is 0 Å². The molecule has 0 fully saturated rings. The molecule has 0 aliphatic rings. The van der Waals surface area contributed by atoms with Gasteiger partial charge in [-0.15, -0.1) is 0 Å². The fourth-order valence-corrected chi connectivity index (χ4v) is 1.44. The summed E-state index contributed by atoms with van der Waals surface area (Å²) in [5, 5.41) is 0. The van der Waals surface area contributed by atoms with E-state index in [0.29, 0.717) is 0 Å². The zero-order valence-electron chi connectivity index (χ0n) is 8.15. The number of unbranched alkanes of at least 4 members (excludes halogenated alkanes) is 1. The molecular formula is C8H17O4S-. The molecule has 0 saturated heterocycles. The normalized spacial score (nSPS) is 14.4. The molecular weight excluding hydrogens is 192 g/mol. The van der Waals surface area contributed by atoms with E-state index < -0.39 is 10.4 Å². The third kappa shape index (κ3) is 8.21. The van der Waals surface area contributed by atoms with E-state index in [0.717, 1.165) is 25.7 Å². The van der Waals surface area contributed by atoms with Crippen molar-refractivity contribution in [2.45, 2.75) is 39.5 Å². The second-order valence-corrected chi connectivity index (χ2v) is 4.16. The Morgan fingerprint density at radius 2 is 2.00 bits per heavy atom. The smallest absolute Gasteiger partial charge is 0.217 e. The zero-order chi connectivity index (χ0) is 10.3. The Kier molecular flexibility index (Phi) is 6.28. The van der Waals surface area contributed by atoms with Crippen molar-refractivity contribution in [2.24, 2.45) is 5.92 Å². The van der Waals surface area contributed by atoms with Gasteiger partial charge in [-0.05, 0) is 12.3 Å². The Morgan fingerprint density at radius 3 is 2.38 bits per heavy atom. The third-order valence-corrected chi connectivity index (χ3v) is 2.42. The molecule has 13 heavy (non-hydrogen) atoms. The first kappa shape index (κ1) is 12.9.